The van der Waals surface area contributed by atoms with E-state index in [1.807, 2.05) is 42.6 Å². The van der Waals surface area contributed by atoms with Gasteiger partial charge in [0.25, 0.3) is 0 Å². The van der Waals surface area contributed by atoms with Crippen LogP contribution in [0, 0.1) is 13.8 Å². The predicted molar refractivity (Wildman–Crippen MR) is 114 cm³/mol. The number of hydrogen-bond donors (Lipinski definition) is 3. The highest BCUT2D eigenvalue weighted by Crippen LogP contribution is 2.21. The summed E-state index contributed by atoms with van der Waals surface area (Å²) < 4.78 is 0. The normalized spacial score (nSPS) is 10.8. The number of nitrogens with zero attached hydrogens (tertiary/aromatic N) is 1. The third-order valence-electron chi connectivity index (χ3n) is 4.85. The number of rotatable bonds is 5. The van der Waals surface area contributed by atoms with Crippen LogP contribution in [0.2, 0.25) is 0 Å². The largest absolute Gasteiger partial charge is 0.361 e. The molecule has 0 radical (unpaired) electrons. The fourth-order valence-corrected chi connectivity index (χ4v) is 3.17. The van der Waals surface area contributed by atoms with Crippen LogP contribution in [0.15, 0.2) is 67.0 Å². The summed E-state index contributed by atoms with van der Waals surface area (Å²) in [4.78, 5) is 19.9. The number of anilines is 3. The Kier molecular flexibility index (Phi) is 4.81. The quantitative estimate of drug-likeness (QED) is 0.457. The van der Waals surface area contributed by atoms with Gasteiger partial charge in [0.1, 0.15) is 5.82 Å². The van der Waals surface area contributed by atoms with Crippen LogP contribution < -0.4 is 10.6 Å². The minimum Gasteiger partial charge on any atom is -0.361 e. The summed E-state index contributed by atoms with van der Waals surface area (Å²) in [7, 11) is 0. The number of carbonyl (C=O) groups is 1. The van der Waals surface area contributed by atoms with Gasteiger partial charge in [-0.3, -0.25) is 4.79 Å². The molecule has 0 saturated carbocycles. The summed E-state index contributed by atoms with van der Waals surface area (Å²) in [5, 5.41) is 7.26. The highest BCUT2D eigenvalue weighted by Gasteiger charge is 2.09. The zero-order valence-electron chi connectivity index (χ0n) is 15.9. The summed E-state index contributed by atoms with van der Waals surface area (Å²) in [6.45, 7) is 4.18. The first-order valence-corrected chi connectivity index (χ1v) is 9.24. The van der Waals surface area contributed by atoms with E-state index in [0.717, 1.165) is 27.8 Å². The zero-order valence-corrected chi connectivity index (χ0v) is 15.9. The Morgan fingerprint density at radius 2 is 1.82 bits per heavy atom. The van der Waals surface area contributed by atoms with Crippen LogP contribution in [0.4, 0.5) is 17.2 Å². The summed E-state index contributed by atoms with van der Waals surface area (Å²) in [6, 6.07) is 17.9. The molecule has 0 spiro atoms. The van der Waals surface area contributed by atoms with Crippen LogP contribution in [0.1, 0.15) is 16.7 Å². The van der Waals surface area contributed by atoms with E-state index < -0.39 is 0 Å². The van der Waals surface area contributed by atoms with Crippen molar-refractivity contribution in [2.45, 2.75) is 20.3 Å². The molecule has 0 atom stereocenters. The van der Waals surface area contributed by atoms with Gasteiger partial charge in [-0.15, -0.1) is 0 Å². The number of carbonyl (C=O) groups excluding carboxylic acids is 1. The number of aryl methyl sites for hydroxylation is 2. The maximum Gasteiger partial charge on any atom is 0.230 e. The lowest BCUT2D eigenvalue weighted by Gasteiger charge is -2.09. The molecule has 4 aromatic rings. The molecule has 0 aliphatic rings. The Hall–Kier alpha value is -3.60. The van der Waals surface area contributed by atoms with Crippen LogP contribution in [-0.4, -0.2) is 15.9 Å². The lowest BCUT2D eigenvalue weighted by molar-refractivity contribution is -0.115. The number of pyridine rings is 1. The lowest BCUT2D eigenvalue weighted by atomic mass is 10.1. The Morgan fingerprint density at radius 3 is 2.61 bits per heavy atom. The number of fused-ring (bicyclic) bond motifs is 1. The number of para-hydroxylation sites is 1. The third-order valence-corrected chi connectivity index (χ3v) is 4.85. The maximum absolute atomic E-state index is 12.4. The molecular formula is C23H22N4O. The van der Waals surface area contributed by atoms with Crippen molar-refractivity contribution in [1.29, 1.82) is 0 Å². The van der Waals surface area contributed by atoms with Gasteiger partial charge in [0, 0.05) is 22.8 Å². The van der Waals surface area contributed by atoms with Gasteiger partial charge in [0.15, 0.2) is 0 Å². The molecule has 2 aromatic heterocycles. The van der Waals surface area contributed by atoms with Crippen molar-refractivity contribution in [1.82, 2.24) is 9.97 Å². The number of H-pyrrole nitrogens is 1. The molecule has 2 heterocycles. The van der Waals surface area contributed by atoms with Crippen LogP contribution in [0.5, 0.6) is 0 Å². The van der Waals surface area contributed by atoms with Crippen molar-refractivity contribution < 1.29 is 4.79 Å². The fraction of sp³-hybridized carbons (Fsp3) is 0.130. The smallest absolute Gasteiger partial charge is 0.230 e. The van der Waals surface area contributed by atoms with Gasteiger partial charge in [0.2, 0.25) is 5.91 Å². The first-order valence-electron chi connectivity index (χ1n) is 9.24. The number of benzene rings is 2. The minimum atomic E-state index is -0.0906. The van der Waals surface area contributed by atoms with Gasteiger partial charge in [-0.25, -0.2) is 4.98 Å². The molecule has 3 N–H and O–H groups in total. The van der Waals surface area contributed by atoms with Crippen LogP contribution in [0.25, 0.3) is 10.9 Å². The predicted octanol–water partition coefficient (Wildman–Crippen LogP) is 5.10. The van der Waals surface area contributed by atoms with Crippen molar-refractivity contribution in [3.63, 3.8) is 0 Å². The van der Waals surface area contributed by atoms with Crippen LogP contribution in [0.3, 0.4) is 0 Å². The molecule has 0 aliphatic heterocycles. The van der Waals surface area contributed by atoms with Crippen molar-refractivity contribution in [3.8, 4) is 0 Å². The molecule has 0 saturated heterocycles. The SMILES string of the molecule is Cc1ccc(Nc2ccc(NC(=O)Cc3c[nH]c4ccccc34)nc2)cc1C. The summed E-state index contributed by atoms with van der Waals surface area (Å²) in [6.07, 6.45) is 3.90. The Morgan fingerprint density at radius 1 is 1.00 bits per heavy atom. The number of aromatic nitrogens is 2. The average molecular weight is 370 g/mol. The Balaban J connectivity index is 1.39. The van der Waals surface area contributed by atoms with E-state index in [9.17, 15) is 4.79 Å². The molecular weight excluding hydrogens is 348 g/mol. The second-order valence-corrected chi connectivity index (χ2v) is 6.94. The van der Waals surface area contributed by atoms with E-state index in [4.69, 9.17) is 0 Å². The third kappa shape index (κ3) is 3.88. The minimum absolute atomic E-state index is 0.0906. The van der Waals surface area contributed by atoms with E-state index >= 15 is 0 Å². The van der Waals surface area contributed by atoms with Crippen molar-refractivity contribution in [3.05, 3.63) is 83.7 Å². The second kappa shape index (κ2) is 7.56. The molecule has 0 unspecified atom stereocenters. The molecule has 0 aliphatic carbocycles. The van der Waals surface area contributed by atoms with Crippen molar-refractivity contribution in [2.75, 3.05) is 10.6 Å². The Bertz CT molecular complexity index is 1130. The first-order chi connectivity index (χ1) is 13.6. The topological polar surface area (TPSA) is 69.8 Å². The maximum atomic E-state index is 12.4. The average Bonchev–Trinajstić information content (AvgIpc) is 3.09. The standard InChI is InChI=1S/C23H22N4O/c1-15-7-8-18(11-16(15)2)26-19-9-10-22(25-14-19)27-23(28)12-17-13-24-21-6-4-3-5-20(17)21/h3-11,13-14,24,26H,12H2,1-2H3,(H,25,27,28). The van der Waals surface area contributed by atoms with Crippen LogP contribution >= 0.6 is 0 Å². The van der Waals surface area contributed by atoms with Gasteiger partial charge in [-0.2, -0.15) is 0 Å². The van der Waals surface area contributed by atoms with E-state index in [1.54, 1.807) is 12.3 Å². The van der Waals surface area contributed by atoms with E-state index in [-0.39, 0.29) is 5.91 Å². The molecule has 4 rings (SSSR count). The molecule has 28 heavy (non-hydrogen) atoms. The van der Waals surface area contributed by atoms with Gasteiger partial charge >= 0.3 is 0 Å². The summed E-state index contributed by atoms with van der Waals surface area (Å²) >= 11 is 0. The molecule has 140 valence electrons. The molecule has 5 heteroatoms. The number of amides is 1. The molecule has 0 bridgehead atoms. The highest BCUT2D eigenvalue weighted by atomic mass is 16.1. The van der Waals surface area contributed by atoms with Crippen molar-refractivity contribution in [2.24, 2.45) is 0 Å². The highest BCUT2D eigenvalue weighted by molar-refractivity contribution is 5.95. The molecule has 0 fully saturated rings. The van der Waals surface area contributed by atoms with Gasteiger partial charge in [0.05, 0.1) is 18.3 Å². The summed E-state index contributed by atoms with van der Waals surface area (Å²) in [5.41, 5.74) is 6.39. The van der Waals surface area contributed by atoms with E-state index in [2.05, 4.69) is 46.6 Å². The fourth-order valence-electron chi connectivity index (χ4n) is 3.17. The van der Waals surface area contributed by atoms with Gasteiger partial charge in [-0.05, 0) is 60.9 Å². The van der Waals surface area contributed by atoms with E-state index in [1.165, 1.54) is 11.1 Å². The molecule has 2 aromatic carbocycles. The van der Waals surface area contributed by atoms with Crippen molar-refractivity contribution >= 4 is 34.0 Å². The molecule has 5 nitrogen and oxygen atoms in total. The lowest BCUT2D eigenvalue weighted by Crippen LogP contribution is -2.15. The molecule has 1 amide bonds. The number of aromatic amines is 1. The monoisotopic (exact) mass is 370 g/mol. The van der Waals surface area contributed by atoms with Crippen LogP contribution in [-0.2, 0) is 11.2 Å². The van der Waals surface area contributed by atoms with Gasteiger partial charge < -0.3 is 15.6 Å². The zero-order chi connectivity index (χ0) is 19.5. The number of hydrogen-bond acceptors (Lipinski definition) is 3. The first kappa shape index (κ1) is 17.8. The Labute approximate surface area is 163 Å². The van der Waals surface area contributed by atoms with E-state index in [0.29, 0.717) is 12.2 Å². The number of nitrogens with one attached hydrogen (secondary N) is 3. The summed E-state index contributed by atoms with van der Waals surface area (Å²) in [5.74, 6) is 0.447. The van der Waals surface area contributed by atoms with Gasteiger partial charge in [-0.1, -0.05) is 24.3 Å². The second-order valence-electron chi connectivity index (χ2n) is 6.94.